The Morgan fingerprint density at radius 1 is 1.33 bits per heavy atom. The van der Waals surface area contributed by atoms with Crippen molar-refractivity contribution in [3.63, 3.8) is 0 Å². The molecule has 2 rings (SSSR count). The van der Waals surface area contributed by atoms with Gasteiger partial charge in [0.2, 0.25) is 0 Å². The summed E-state index contributed by atoms with van der Waals surface area (Å²) >= 11 is 4.68. The van der Waals surface area contributed by atoms with E-state index in [9.17, 15) is 4.39 Å². The van der Waals surface area contributed by atoms with Crippen LogP contribution in [0.4, 0.5) is 4.39 Å². The first-order valence-electron chi connectivity index (χ1n) is 4.22. The molecular weight excluding hydrogens is 281 g/mol. The summed E-state index contributed by atoms with van der Waals surface area (Å²) in [6, 6.07) is 6.14. The monoisotopic (exact) mass is 287 g/mol. The van der Waals surface area contributed by atoms with Gasteiger partial charge >= 0.3 is 0 Å². The number of aliphatic hydroxyl groups is 1. The van der Waals surface area contributed by atoms with Crippen LogP contribution in [0.1, 0.15) is 5.69 Å². The average Bonchev–Trinajstić information content (AvgIpc) is 2.61. The molecule has 0 saturated carbocycles. The summed E-state index contributed by atoms with van der Waals surface area (Å²) in [6.45, 7) is -0.116. The predicted molar refractivity (Wildman–Crippen MR) is 61.1 cm³/mol. The molecule has 0 radical (unpaired) electrons. The highest BCUT2D eigenvalue weighted by Crippen LogP contribution is 2.32. The Morgan fingerprint density at radius 2 is 2.00 bits per heavy atom. The zero-order valence-electron chi connectivity index (χ0n) is 7.58. The maximum Gasteiger partial charge on any atom is 0.160 e. The number of hydrogen-bond acceptors (Lipinski definition) is 3. The van der Waals surface area contributed by atoms with Crippen molar-refractivity contribution in [3.8, 4) is 10.4 Å². The lowest BCUT2D eigenvalue weighted by Gasteiger charge is -1.98. The fourth-order valence-electron chi connectivity index (χ4n) is 1.26. The van der Waals surface area contributed by atoms with Crippen molar-refractivity contribution in [3.05, 3.63) is 39.7 Å². The Kier molecular flexibility index (Phi) is 3.14. The van der Waals surface area contributed by atoms with Crippen molar-refractivity contribution in [2.24, 2.45) is 0 Å². The molecule has 2 nitrogen and oxygen atoms in total. The number of aliphatic hydroxyl groups excluding tert-OH is 1. The van der Waals surface area contributed by atoms with Gasteiger partial charge in [-0.3, -0.25) is 0 Å². The Hall–Kier alpha value is -0.780. The minimum absolute atomic E-state index is 0.116. The minimum Gasteiger partial charge on any atom is -0.390 e. The van der Waals surface area contributed by atoms with Crippen LogP contribution in [0.15, 0.2) is 28.2 Å². The Labute approximate surface area is 98.5 Å². The molecule has 0 atom stereocenters. The number of benzene rings is 1. The maximum absolute atomic E-state index is 12.7. The van der Waals surface area contributed by atoms with E-state index in [0.29, 0.717) is 9.61 Å². The van der Waals surface area contributed by atoms with Gasteiger partial charge in [-0.05, 0) is 33.6 Å². The molecule has 0 spiro atoms. The van der Waals surface area contributed by atoms with Crippen molar-refractivity contribution in [2.75, 3.05) is 0 Å². The Bertz CT molecular complexity index is 469. The average molecular weight is 288 g/mol. The Morgan fingerprint density at radius 3 is 2.60 bits per heavy atom. The fourth-order valence-corrected chi connectivity index (χ4v) is 2.76. The third-order valence-electron chi connectivity index (χ3n) is 1.93. The van der Waals surface area contributed by atoms with Gasteiger partial charge in [0.25, 0.3) is 0 Å². The molecule has 0 saturated heterocycles. The van der Waals surface area contributed by atoms with Gasteiger partial charge in [0.1, 0.15) is 5.82 Å². The molecule has 0 unspecified atom stereocenters. The molecular formula is C10H7BrFNOS. The van der Waals surface area contributed by atoms with E-state index in [1.54, 1.807) is 12.1 Å². The third-order valence-corrected chi connectivity index (χ3v) is 3.53. The lowest BCUT2D eigenvalue weighted by atomic mass is 10.1. The number of thiazole rings is 1. The van der Waals surface area contributed by atoms with Crippen LogP contribution in [0.2, 0.25) is 0 Å². The molecule has 2 aromatic rings. The van der Waals surface area contributed by atoms with Gasteiger partial charge in [0, 0.05) is 0 Å². The van der Waals surface area contributed by atoms with Gasteiger partial charge in [-0.25, -0.2) is 9.37 Å². The van der Waals surface area contributed by atoms with Gasteiger partial charge in [0.05, 0.1) is 17.2 Å². The molecule has 15 heavy (non-hydrogen) atoms. The summed E-state index contributed by atoms with van der Waals surface area (Å²) < 4.78 is 13.4. The lowest BCUT2D eigenvalue weighted by Crippen LogP contribution is -1.86. The van der Waals surface area contributed by atoms with E-state index in [1.165, 1.54) is 23.5 Å². The van der Waals surface area contributed by atoms with E-state index in [0.717, 1.165) is 10.4 Å². The van der Waals surface area contributed by atoms with Crippen molar-refractivity contribution < 1.29 is 9.50 Å². The van der Waals surface area contributed by atoms with Crippen LogP contribution in [0, 0.1) is 5.82 Å². The molecule has 1 heterocycles. The van der Waals surface area contributed by atoms with Gasteiger partial charge in [-0.15, -0.1) is 11.3 Å². The van der Waals surface area contributed by atoms with E-state index in [-0.39, 0.29) is 12.4 Å². The zero-order valence-corrected chi connectivity index (χ0v) is 9.98. The van der Waals surface area contributed by atoms with E-state index in [2.05, 4.69) is 20.9 Å². The molecule has 5 heteroatoms. The summed E-state index contributed by atoms with van der Waals surface area (Å²) in [5.41, 5.74) is 1.47. The zero-order chi connectivity index (χ0) is 10.8. The fraction of sp³-hybridized carbons (Fsp3) is 0.100. The van der Waals surface area contributed by atoms with Crippen LogP contribution in [0.5, 0.6) is 0 Å². The van der Waals surface area contributed by atoms with E-state index in [1.807, 2.05) is 0 Å². The number of hydrogen-bond donors (Lipinski definition) is 1. The molecule has 78 valence electrons. The number of aromatic nitrogens is 1. The maximum atomic E-state index is 12.7. The van der Waals surface area contributed by atoms with Crippen LogP contribution in [0.25, 0.3) is 10.4 Å². The van der Waals surface area contributed by atoms with Gasteiger partial charge in [0.15, 0.2) is 3.92 Å². The molecule has 0 aliphatic carbocycles. The Balaban J connectivity index is 2.48. The quantitative estimate of drug-likeness (QED) is 0.920. The van der Waals surface area contributed by atoms with Gasteiger partial charge in [-0.1, -0.05) is 12.1 Å². The SMILES string of the molecule is OCc1nc(Br)sc1-c1ccc(F)cc1. The standard InChI is InChI=1S/C10H7BrFNOS/c11-10-13-8(5-14)9(15-10)6-1-3-7(12)4-2-6/h1-4,14H,5H2. The highest BCUT2D eigenvalue weighted by Gasteiger charge is 2.10. The number of nitrogens with zero attached hydrogens (tertiary/aromatic N) is 1. The lowest BCUT2D eigenvalue weighted by molar-refractivity contribution is 0.278. The van der Waals surface area contributed by atoms with Crippen LogP contribution >= 0.6 is 27.3 Å². The molecule has 1 aromatic carbocycles. The first kappa shape index (κ1) is 10.7. The first-order chi connectivity index (χ1) is 7.20. The second-order valence-corrected chi connectivity index (χ2v) is 5.18. The van der Waals surface area contributed by atoms with Crippen molar-refractivity contribution >= 4 is 27.3 Å². The van der Waals surface area contributed by atoms with Crippen molar-refractivity contribution in [1.82, 2.24) is 4.98 Å². The van der Waals surface area contributed by atoms with Crippen molar-refractivity contribution in [1.29, 1.82) is 0 Å². The summed E-state index contributed by atoms with van der Waals surface area (Å²) in [4.78, 5) is 4.98. The molecule has 1 N–H and O–H groups in total. The normalized spacial score (nSPS) is 10.6. The van der Waals surface area contributed by atoms with Gasteiger partial charge < -0.3 is 5.11 Å². The molecule has 1 aromatic heterocycles. The predicted octanol–water partition coefficient (Wildman–Crippen LogP) is 3.20. The first-order valence-corrected chi connectivity index (χ1v) is 5.83. The smallest absolute Gasteiger partial charge is 0.160 e. The molecule has 0 aliphatic heterocycles. The summed E-state index contributed by atoms with van der Waals surface area (Å²) in [7, 11) is 0. The third kappa shape index (κ3) is 2.25. The second kappa shape index (κ2) is 4.38. The minimum atomic E-state index is -0.270. The molecule has 0 fully saturated rings. The highest BCUT2D eigenvalue weighted by molar-refractivity contribution is 9.11. The molecule has 0 amide bonds. The van der Waals surface area contributed by atoms with E-state index < -0.39 is 0 Å². The van der Waals surface area contributed by atoms with Crippen LogP contribution in [0.3, 0.4) is 0 Å². The highest BCUT2D eigenvalue weighted by atomic mass is 79.9. The van der Waals surface area contributed by atoms with Gasteiger partial charge in [-0.2, -0.15) is 0 Å². The summed E-state index contributed by atoms with van der Waals surface area (Å²) in [5, 5.41) is 9.10. The number of rotatable bonds is 2. The number of halogens is 2. The second-order valence-electron chi connectivity index (χ2n) is 2.91. The van der Waals surface area contributed by atoms with Crippen LogP contribution < -0.4 is 0 Å². The molecule has 0 bridgehead atoms. The largest absolute Gasteiger partial charge is 0.390 e. The van der Waals surface area contributed by atoms with E-state index in [4.69, 9.17) is 5.11 Å². The van der Waals surface area contributed by atoms with Crippen molar-refractivity contribution in [2.45, 2.75) is 6.61 Å². The summed E-state index contributed by atoms with van der Waals surface area (Å²) in [5.74, 6) is -0.270. The van der Waals surface area contributed by atoms with Crippen LogP contribution in [-0.4, -0.2) is 10.1 Å². The topological polar surface area (TPSA) is 33.1 Å². The summed E-state index contributed by atoms with van der Waals surface area (Å²) in [6.07, 6.45) is 0. The van der Waals surface area contributed by atoms with E-state index >= 15 is 0 Å². The molecule has 0 aliphatic rings. The van der Waals surface area contributed by atoms with Crippen LogP contribution in [-0.2, 0) is 6.61 Å².